The smallest absolute Gasteiger partial charge is 0.376 e. The van der Waals surface area contributed by atoms with Gasteiger partial charge in [0.2, 0.25) is 5.91 Å². The molecule has 24 heavy (non-hydrogen) atoms. The van der Waals surface area contributed by atoms with Gasteiger partial charge in [-0.3, -0.25) is 4.79 Å². The number of halogens is 3. The Balaban J connectivity index is 1.61. The van der Waals surface area contributed by atoms with Gasteiger partial charge in [-0.25, -0.2) is 0 Å². The zero-order valence-corrected chi connectivity index (χ0v) is 13.7. The Morgan fingerprint density at radius 2 is 2.08 bits per heavy atom. The SMILES string of the molecule is O=C(CNc1cccc(C(F)(F)F)c1)N(Cc1ccsc1)C1CC1. The predicted octanol–water partition coefficient (Wildman–Crippen LogP) is 4.37. The normalized spacial score (nSPS) is 14.5. The average molecular weight is 354 g/mol. The van der Waals surface area contributed by atoms with Crippen LogP contribution in [0.2, 0.25) is 0 Å². The van der Waals surface area contributed by atoms with E-state index in [9.17, 15) is 18.0 Å². The van der Waals surface area contributed by atoms with Crippen LogP contribution in [-0.2, 0) is 17.5 Å². The van der Waals surface area contributed by atoms with E-state index < -0.39 is 11.7 Å². The molecule has 3 nitrogen and oxygen atoms in total. The molecule has 1 aliphatic carbocycles. The lowest BCUT2D eigenvalue weighted by atomic mass is 10.2. The summed E-state index contributed by atoms with van der Waals surface area (Å²) in [5.41, 5.74) is 0.654. The van der Waals surface area contributed by atoms with Crippen LogP contribution in [0.3, 0.4) is 0 Å². The van der Waals surface area contributed by atoms with Gasteiger partial charge in [-0.05, 0) is 53.4 Å². The fraction of sp³-hybridized carbons (Fsp3) is 0.353. The zero-order valence-electron chi connectivity index (χ0n) is 12.8. The Morgan fingerprint density at radius 1 is 1.29 bits per heavy atom. The number of alkyl halides is 3. The number of benzene rings is 1. The van der Waals surface area contributed by atoms with Crippen molar-refractivity contribution in [2.24, 2.45) is 0 Å². The lowest BCUT2D eigenvalue weighted by Crippen LogP contribution is -2.36. The first kappa shape index (κ1) is 16.8. The first-order chi connectivity index (χ1) is 11.4. The van der Waals surface area contributed by atoms with Crippen LogP contribution in [0.4, 0.5) is 18.9 Å². The first-order valence-electron chi connectivity index (χ1n) is 7.65. The molecule has 2 aromatic rings. The molecule has 1 aliphatic rings. The molecule has 1 N–H and O–H groups in total. The molecular weight excluding hydrogens is 337 g/mol. The average Bonchev–Trinajstić information content (AvgIpc) is 3.26. The third-order valence-electron chi connectivity index (χ3n) is 3.87. The van der Waals surface area contributed by atoms with Crippen LogP contribution in [0.15, 0.2) is 41.1 Å². The van der Waals surface area contributed by atoms with E-state index in [4.69, 9.17) is 0 Å². The number of hydrogen-bond acceptors (Lipinski definition) is 3. The molecule has 128 valence electrons. The van der Waals surface area contributed by atoms with Gasteiger partial charge in [0, 0.05) is 18.3 Å². The van der Waals surface area contributed by atoms with Crippen molar-refractivity contribution in [3.05, 3.63) is 52.2 Å². The third kappa shape index (κ3) is 4.29. The number of anilines is 1. The highest BCUT2D eigenvalue weighted by Gasteiger charge is 2.33. The molecule has 0 radical (unpaired) electrons. The van der Waals surface area contributed by atoms with Crippen molar-refractivity contribution in [3.63, 3.8) is 0 Å². The van der Waals surface area contributed by atoms with Gasteiger partial charge >= 0.3 is 6.18 Å². The van der Waals surface area contributed by atoms with Gasteiger partial charge in [0.05, 0.1) is 12.1 Å². The van der Waals surface area contributed by atoms with E-state index in [0.717, 1.165) is 30.5 Å². The molecule has 1 aromatic heterocycles. The summed E-state index contributed by atoms with van der Waals surface area (Å²) >= 11 is 1.58. The van der Waals surface area contributed by atoms with Gasteiger partial charge in [-0.1, -0.05) is 6.07 Å². The van der Waals surface area contributed by atoms with Gasteiger partial charge in [0.1, 0.15) is 0 Å². The second-order valence-electron chi connectivity index (χ2n) is 5.82. The van der Waals surface area contributed by atoms with Crippen LogP contribution in [0.5, 0.6) is 0 Å². The summed E-state index contributed by atoms with van der Waals surface area (Å²) < 4.78 is 38.2. The lowest BCUT2D eigenvalue weighted by Gasteiger charge is -2.22. The fourth-order valence-electron chi connectivity index (χ4n) is 2.47. The highest BCUT2D eigenvalue weighted by molar-refractivity contribution is 7.07. The van der Waals surface area contributed by atoms with Crippen molar-refractivity contribution in [3.8, 4) is 0 Å². The van der Waals surface area contributed by atoms with E-state index >= 15 is 0 Å². The van der Waals surface area contributed by atoms with Gasteiger partial charge < -0.3 is 10.2 Å². The van der Waals surface area contributed by atoms with E-state index in [0.29, 0.717) is 12.2 Å². The molecule has 0 aliphatic heterocycles. The molecule has 1 heterocycles. The highest BCUT2D eigenvalue weighted by atomic mass is 32.1. The molecule has 1 aromatic carbocycles. The number of nitrogens with zero attached hydrogens (tertiary/aromatic N) is 1. The van der Waals surface area contributed by atoms with Crippen molar-refractivity contribution in [1.82, 2.24) is 4.90 Å². The number of hydrogen-bond donors (Lipinski definition) is 1. The number of rotatable bonds is 6. The number of thiophene rings is 1. The third-order valence-corrected chi connectivity index (χ3v) is 4.61. The van der Waals surface area contributed by atoms with Crippen LogP contribution >= 0.6 is 11.3 Å². The number of amides is 1. The quantitative estimate of drug-likeness (QED) is 0.835. The topological polar surface area (TPSA) is 32.3 Å². The summed E-state index contributed by atoms with van der Waals surface area (Å²) in [6, 6.07) is 7.13. The van der Waals surface area contributed by atoms with E-state index in [2.05, 4.69) is 5.32 Å². The number of carbonyl (C=O) groups is 1. The predicted molar refractivity (Wildman–Crippen MR) is 87.8 cm³/mol. The molecule has 0 unspecified atom stereocenters. The maximum absolute atomic E-state index is 12.7. The Morgan fingerprint density at radius 3 is 2.71 bits per heavy atom. The Bertz CT molecular complexity index is 696. The summed E-state index contributed by atoms with van der Waals surface area (Å²) in [6.45, 7) is 0.541. The molecule has 0 saturated heterocycles. The number of nitrogens with one attached hydrogen (secondary N) is 1. The molecule has 1 saturated carbocycles. The van der Waals surface area contributed by atoms with Gasteiger partial charge in [0.25, 0.3) is 0 Å². The van der Waals surface area contributed by atoms with Crippen LogP contribution in [0.1, 0.15) is 24.0 Å². The minimum absolute atomic E-state index is 0.0120. The second-order valence-corrected chi connectivity index (χ2v) is 6.60. The van der Waals surface area contributed by atoms with Gasteiger partial charge in [-0.15, -0.1) is 0 Å². The summed E-state index contributed by atoms with van der Waals surface area (Å²) in [5.74, 6) is -0.0962. The van der Waals surface area contributed by atoms with Crippen molar-refractivity contribution in [1.29, 1.82) is 0 Å². The molecule has 0 bridgehead atoms. The van der Waals surface area contributed by atoms with E-state index in [1.807, 2.05) is 21.7 Å². The standard InChI is InChI=1S/C17H17F3N2OS/c18-17(19,20)13-2-1-3-14(8-13)21-9-16(23)22(15-4-5-15)10-12-6-7-24-11-12/h1-3,6-8,11,15,21H,4-5,9-10H2. The summed E-state index contributed by atoms with van der Waals surface area (Å²) in [4.78, 5) is 14.3. The summed E-state index contributed by atoms with van der Waals surface area (Å²) in [6.07, 6.45) is -2.42. The number of carbonyl (C=O) groups excluding carboxylic acids is 1. The molecule has 7 heteroatoms. The highest BCUT2D eigenvalue weighted by Crippen LogP contribution is 2.31. The van der Waals surface area contributed by atoms with Crippen molar-refractivity contribution in [2.75, 3.05) is 11.9 Å². The Kier molecular flexibility index (Phi) is 4.80. The molecule has 0 spiro atoms. The zero-order chi connectivity index (χ0) is 17.2. The monoisotopic (exact) mass is 354 g/mol. The molecular formula is C17H17F3N2OS. The Hall–Kier alpha value is -2.02. The summed E-state index contributed by atoms with van der Waals surface area (Å²) in [5, 5.41) is 6.78. The van der Waals surface area contributed by atoms with Crippen LogP contribution in [0, 0.1) is 0 Å². The maximum Gasteiger partial charge on any atom is 0.416 e. The summed E-state index contributed by atoms with van der Waals surface area (Å²) in [7, 11) is 0. The van der Waals surface area contributed by atoms with Crippen LogP contribution in [-0.4, -0.2) is 23.4 Å². The van der Waals surface area contributed by atoms with Crippen molar-refractivity contribution in [2.45, 2.75) is 31.6 Å². The maximum atomic E-state index is 12.7. The van der Waals surface area contributed by atoms with Crippen LogP contribution < -0.4 is 5.32 Å². The van der Waals surface area contributed by atoms with Gasteiger partial charge in [0.15, 0.2) is 0 Å². The minimum atomic E-state index is -4.39. The lowest BCUT2D eigenvalue weighted by molar-refractivity contribution is -0.137. The first-order valence-corrected chi connectivity index (χ1v) is 8.59. The van der Waals surface area contributed by atoms with Crippen molar-refractivity contribution < 1.29 is 18.0 Å². The van der Waals surface area contributed by atoms with E-state index in [1.54, 1.807) is 11.3 Å². The van der Waals surface area contributed by atoms with E-state index in [1.165, 1.54) is 12.1 Å². The molecule has 1 fully saturated rings. The van der Waals surface area contributed by atoms with E-state index in [-0.39, 0.29) is 18.5 Å². The largest absolute Gasteiger partial charge is 0.416 e. The molecule has 0 atom stereocenters. The molecule has 1 amide bonds. The molecule has 3 rings (SSSR count). The van der Waals surface area contributed by atoms with Crippen LogP contribution in [0.25, 0.3) is 0 Å². The van der Waals surface area contributed by atoms with Gasteiger partial charge in [-0.2, -0.15) is 24.5 Å². The fourth-order valence-corrected chi connectivity index (χ4v) is 3.13. The van der Waals surface area contributed by atoms with Crippen molar-refractivity contribution >= 4 is 22.9 Å². The second kappa shape index (κ2) is 6.84. The Labute approximate surface area is 142 Å². The minimum Gasteiger partial charge on any atom is -0.376 e.